The highest BCUT2D eigenvalue weighted by Gasteiger charge is 2.18. The van der Waals surface area contributed by atoms with Crippen LogP contribution < -0.4 is 0 Å². The lowest BCUT2D eigenvalue weighted by Gasteiger charge is -2.34. The van der Waals surface area contributed by atoms with Crippen molar-refractivity contribution in [3.8, 4) is 0 Å². The van der Waals surface area contributed by atoms with Crippen molar-refractivity contribution in [3.05, 3.63) is 70.5 Å². The van der Waals surface area contributed by atoms with Crippen molar-refractivity contribution in [2.45, 2.75) is 26.4 Å². The van der Waals surface area contributed by atoms with Gasteiger partial charge in [0.15, 0.2) is 0 Å². The summed E-state index contributed by atoms with van der Waals surface area (Å²) >= 11 is 0. The van der Waals surface area contributed by atoms with Gasteiger partial charge in [0.25, 0.3) is 0 Å². The SMILES string of the molecule is COC(=O)c1ccc(CN(CCc2ccc(CN3CCN(C(C)=O)CC3)cc2)[SH](=O)=O)c(F)c1. The van der Waals surface area contributed by atoms with Gasteiger partial charge in [0, 0.05) is 58.3 Å². The monoisotopic (exact) mass is 491 g/mol. The zero-order valence-corrected chi connectivity index (χ0v) is 20.3. The number of carbonyl (C=O) groups is 2. The third-order valence-corrected chi connectivity index (χ3v) is 6.77. The van der Waals surface area contributed by atoms with E-state index in [4.69, 9.17) is 0 Å². The molecule has 0 N–H and O–H groups in total. The van der Waals surface area contributed by atoms with Crippen LogP contribution in [0.4, 0.5) is 4.39 Å². The van der Waals surface area contributed by atoms with E-state index in [2.05, 4.69) is 9.64 Å². The molecule has 0 aromatic heterocycles. The minimum absolute atomic E-state index is 0.0719. The van der Waals surface area contributed by atoms with Crippen LogP contribution in [0.25, 0.3) is 0 Å². The lowest BCUT2D eigenvalue weighted by atomic mass is 10.1. The standard InChI is InChI=1S/C24H30FN3O5S/c1-18(29)27-13-11-26(12-14-27)16-20-5-3-19(4-6-20)9-10-28(34(31)32)17-22-8-7-21(15-23(22)25)24(30)33-2/h3-8,15,34H,9-14,16-17H2,1-2H3. The van der Waals surface area contributed by atoms with Gasteiger partial charge in [0.05, 0.1) is 12.7 Å². The molecule has 3 rings (SSSR count). The fraction of sp³-hybridized carbons (Fsp3) is 0.417. The maximum absolute atomic E-state index is 14.4. The number of ether oxygens (including phenoxy) is 1. The van der Waals surface area contributed by atoms with Crippen LogP contribution >= 0.6 is 0 Å². The van der Waals surface area contributed by atoms with Crippen LogP contribution in [0.1, 0.15) is 34.0 Å². The van der Waals surface area contributed by atoms with E-state index in [-0.39, 0.29) is 30.1 Å². The summed E-state index contributed by atoms with van der Waals surface area (Å²) in [6, 6.07) is 11.9. The quantitative estimate of drug-likeness (QED) is 0.426. The van der Waals surface area contributed by atoms with Crippen LogP contribution in [0, 0.1) is 5.82 Å². The van der Waals surface area contributed by atoms with Gasteiger partial charge >= 0.3 is 5.97 Å². The largest absolute Gasteiger partial charge is 0.465 e. The highest BCUT2D eigenvalue weighted by molar-refractivity contribution is 7.69. The Morgan fingerprint density at radius 2 is 1.68 bits per heavy atom. The van der Waals surface area contributed by atoms with Crippen molar-refractivity contribution in [2.24, 2.45) is 0 Å². The summed E-state index contributed by atoms with van der Waals surface area (Å²) in [7, 11) is -1.70. The topological polar surface area (TPSA) is 87.2 Å². The number of esters is 1. The van der Waals surface area contributed by atoms with Gasteiger partial charge in [-0.3, -0.25) is 9.69 Å². The van der Waals surface area contributed by atoms with E-state index < -0.39 is 22.7 Å². The first kappa shape index (κ1) is 25.8. The molecule has 0 spiro atoms. The Labute approximate surface area is 201 Å². The van der Waals surface area contributed by atoms with Crippen LogP contribution in [0.5, 0.6) is 0 Å². The number of hydrogen-bond donors (Lipinski definition) is 1. The van der Waals surface area contributed by atoms with Gasteiger partial charge in [-0.2, -0.15) is 4.31 Å². The highest BCUT2D eigenvalue weighted by atomic mass is 32.2. The number of hydrogen-bond acceptors (Lipinski definition) is 6. The Hall–Kier alpha value is -2.82. The predicted octanol–water partition coefficient (Wildman–Crippen LogP) is 1.85. The molecule has 184 valence electrons. The summed E-state index contributed by atoms with van der Waals surface area (Å²) in [5.74, 6) is -1.20. The molecule has 1 saturated heterocycles. The average Bonchev–Trinajstić information content (AvgIpc) is 2.83. The Bertz CT molecular complexity index is 1070. The molecular weight excluding hydrogens is 461 g/mol. The molecule has 2 aromatic carbocycles. The molecule has 1 aliphatic heterocycles. The van der Waals surface area contributed by atoms with Gasteiger partial charge in [-0.05, 0) is 29.7 Å². The Morgan fingerprint density at radius 1 is 1.03 bits per heavy atom. The van der Waals surface area contributed by atoms with Gasteiger partial charge in [0.2, 0.25) is 16.8 Å². The minimum atomic E-state index is -2.91. The van der Waals surface area contributed by atoms with E-state index >= 15 is 0 Å². The van der Waals surface area contributed by atoms with Gasteiger partial charge in [0.1, 0.15) is 5.82 Å². The molecular formula is C24H30FN3O5S. The molecule has 10 heteroatoms. The van der Waals surface area contributed by atoms with Crippen LogP contribution in [0.2, 0.25) is 0 Å². The number of nitrogens with zero attached hydrogens (tertiary/aromatic N) is 3. The summed E-state index contributed by atoms with van der Waals surface area (Å²) < 4.78 is 43.6. The molecule has 1 fully saturated rings. The number of piperazine rings is 1. The number of carbonyl (C=O) groups excluding carboxylic acids is 2. The number of amides is 1. The molecule has 0 aliphatic carbocycles. The third-order valence-electron chi connectivity index (χ3n) is 5.96. The van der Waals surface area contributed by atoms with E-state index in [1.165, 1.54) is 23.5 Å². The number of thiol groups is 1. The van der Waals surface area contributed by atoms with E-state index in [9.17, 15) is 22.4 Å². The Kier molecular flexibility index (Phi) is 9.14. The normalized spacial score (nSPS) is 14.6. The number of halogens is 1. The highest BCUT2D eigenvalue weighted by Crippen LogP contribution is 2.16. The molecule has 1 aliphatic rings. The molecule has 2 aromatic rings. The van der Waals surface area contributed by atoms with Gasteiger partial charge in [-0.15, -0.1) is 0 Å². The number of benzene rings is 2. The van der Waals surface area contributed by atoms with Gasteiger partial charge in [-0.1, -0.05) is 30.3 Å². The van der Waals surface area contributed by atoms with E-state index in [0.717, 1.165) is 49.9 Å². The molecule has 0 bridgehead atoms. The second-order valence-corrected chi connectivity index (χ2v) is 9.31. The van der Waals surface area contributed by atoms with Crippen molar-refractivity contribution in [3.63, 3.8) is 0 Å². The summed E-state index contributed by atoms with van der Waals surface area (Å²) in [6.07, 6.45) is 0.489. The maximum atomic E-state index is 14.4. The molecule has 8 nitrogen and oxygen atoms in total. The van der Waals surface area contributed by atoms with Crippen molar-refractivity contribution < 1.29 is 27.1 Å². The second kappa shape index (κ2) is 12.0. The molecule has 34 heavy (non-hydrogen) atoms. The van der Waals surface area contributed by atoms with Crippen molar-refractivity contribution in [1.29, 1.82) is 0 Å². The lowest BCUT2D eigenvalue weighted by Crippen LogP contribution is -2.47. The van der Waals surface area contributed by atoms with Crippen molar-refractivity contribution >= 4 is 22.8 Å². The fourth-order valence-corrected chi connectivity index (χ4v) is 4.42. The number of methoxy groups -OCH3 is 1. The minimum Gasteiger partial charge on any atom is -0.465 e. The third kappa shape index (κ3) is 7.09. The maximum Gasteiger partial charge on any atom is 0.337 e. The molecule has 1 heterocycles. The Morgan fingerprint density at radius 3 is 2.24 bits per heavy atom. The van der Waals surface area contributed by atoms with Crippen LogP contribution in [-0.4, -0.2) is 74.2 Å². The second-order valence-electron chi connectivity index (χ2n) is 8.27. The molecule has 0 radical (unpaired) electrons. The van der Waals surface area contributed by atoms with Crippen molar-refractivity contribution in [1.82, 2.24) is 14.1 Å². The molecule has 1 amide bonds. The molecule has 0 saturated carbocycles. The van der Waals surface area contributed by atoms with Gasteiger partial charge < -0.3 is 9.64 Å². The van der Waals surface area contributed by atoms with Crippen LogP contribution in [0.3, 0.4) is 0 Å². The summed E-state index contributed by atoms with van der Waals surface area (Å²) in [5, 5.41) is 0. The first-order chi connectivity index (χ1) is 16.3. The zero-order valence-electron chi connectivity index (χ0n) is 19.4. The number of rotatable bonds is 9. The van der Waals surface area contributed by atoms with E-state index in [0.29, 0.717) is 6.42 Å². The van der Waals surface area contributed by atoms with Gasteiger partial charge in [-0.25, -0.2) is 17.6 Å². The van der Waals surface area contributed by atoms with E-state index in [1.807, 2.05) is 29.2 Å². The summed E-state index contributed by atoms with van der Waals surface area (Å²) in [6.45, 7) is 5.64. The Balaban J connectivity index is 1.54. The smallest absolute Gasteiger partial charge is 0.337 e. The first-order valence-electron chi connectivity index (χ1n) is 11.1. The summed E-state index contributed by atoms with van der Waals surface area (Å²) in [5.41, 5.74) is 2.39. The first-order valence-corrected chi connectivity index (χ1v) is 12.2. The van der Waals surface area contributed by atoms with Crippen LogP contribution in [-0.2, 0) is 39.9 Å². The van der Waals surface area contributed by atoms with E-state index in [1.54, 1.807) is 6.92 Å². The zero-order chi connectivity index (χ0) is 24.7. The lowest BCUT2D eigenvalue weighted by molar-refractivity contribution is -0.130. The predicted molar refractivity (Wildman–Crippen MR) is 126 cm³/mol. The average molecular weight is 492 g/mol. The summed E-state index contributed by atoms with van der Waals surface area (Å²) in [4.78, 5) is 27.1. The van der Waals surface area contributed by atoms with Crippen molar-refractivity contribution in [2.75, 3.05) is 39.8 Å². The fourth-order valence-electron chi connectivity index (χ4n) is 3.88. The van der Waals surface area contributed by atoms with Crippen LogP contribution in [0.15, 0.2) is 42.5 Å². The molecule has 0 unspecified atom stereocenters. The molecule has 0 atom stereocenters.